The van der Waals surface area contributed by atoms with Crippen LogP contribution in [0.4, 0.5) is 5.95 Å². The van der Waals surface area contributed by atoms with Crippen molar-refractivity contribution >= 4 is 37.2 Å². The van der Waals surface area contributed by atoms with E-state index < -0.39 is 8.60 Å². The van der Waals surface area contributed by atoms with E-state index in [0.29, 0.717) is 23.1 Å². The lowest BCUT2D eigenvalue weighted by Gasteiger charge is -2.13. The number of fused-ring (bicyclic) bond motifs is 1. The van der Waals surface area contributed by atoms with E-state index in [-0.39, 0.29) is 11.1 Å². The zero-order chi connectivity index (χ0) is 20.4. The van der Waals surface area contributed by atoms with Gasteiger partial charge in [0, 0.05) is 23.5 Å². The van der Waals surface area contributed by atoms with Crippen molar-refractivity contribution < 1.29 is 19.0 Å². The lowest BCUT2D eigenvalue weighted by Crippen LogP contribution is -2.07. The van der Waals surface area contributed by atoms with Gasteiger partial charge in [-0.3, -0.25) is 4.98 Å². The molecule has 0 atom stereocenters. The van der Waals surface area contributed by atoms with E-state index in [0.717, 1.165) is 22.6 Å². The monoisotopic (exact) mass is 421 g/mol. The van der Waals surface area contributed by atoms with Crippen molar-refractivity contribution in [3.05, 3.63) is 39.9 Å². The Labute approximate surface area is 167 Å². The van der Waals surface area contributed by atoms with E-state index in [1.807, 2.05) is 13.8 Å². The van der Waals surface area contributed by atoms with Crippen LogP contribution in [0, 0.1) is 25.9 Å². The molecule has 3 rings (SSSR count). The molecular formula is C17H17ClN5O4P. The van der Waals surface area contributed by atoms with E-state index in [9.17, 15) is 0 Å². The maximum absolute atomic E-state index is 8.84. The largest absolute Gasteiger partial charge is 0.496 e. The van der Waals surface area contributed by atoms with Crippen LogP contribution in [0.2, 0.25) is 5.15 Å². The Balaban J connectivity index is 2.12. The molecule has 0 radical (unpaired) electrons. The molecule has 0 aliphatic carbocycles. The van der Waals surface area contributed by atoms with Gasteiger partial charge < -0.3 is 29.3 Å². The number of ether oxygens (including phenoxy) is 1. The first-order valence-electron chi connectivity index (χ1n) is 7.98. The molecule has 0 saturated heterocycles. The SMILES string of the molecule is COc1c(C)cnc(Cn2cc(C#COP(O)O)c3c(Cl)nc(N)nc32)c1C. The van der Waals surface area contributed by atoms with Gasteiger partial charge >= 0.3 is 8.60 Å². The van der Waals surface area contributed by atoms with Gasteiger partial charge in [-0.05, 0) is 19.8 Å². The molecule has 9 nitrogen and oxygen atoms in total. The van der Waals surface area contributed by atoms with Crippen molar-refractivity contribution in [3.8, 4) is 17.8 Å². The molecule has 0 aromatic carbocycles. The van der Waals surface area contributed by atoms with Gasteiger partial charge in [-0.1, -0.05) is 11.6 Å². The van der Waals surface area contributed by atoms with Gasteiger partial charge in [-0.2, -0.15) is 4.98 Å². The number of nitrogens with zero attached hydrogens (tertiary/aromatic N) is 4. The number of aromatic nitrogens is 4. The molecule has 3 aromatic heterocycles. The number of nitrogens with two attached hydrogens (primary N) is 1. The van der Waals surface area contributed by atoms with Crippen molar-refractivity contribution in [2.45, 2.75) is 20.4 Å². The lowest BCUT2D eigenvalue weighted by molar-refractivity contribution is 0.358. The van der Waals surface area contributed by atoms with E-state index in [1.54, 1.807) is 24.1 Å². The first kappa shape index (κ1) is 20.1. The summed E-state index contributed by atoms with van der Waals surface area (Å²) in [5, 5.41) is 0.607. The highest BCUT2D eigenvalue weighted by Gasteiger charge is 2.17. The van der Waals surface area contributed by atoms with Gasteiger partial charge in [0.15, 0.2) is 0 Å². The summed E-state index contributed by atoms with van der Waals surface area (Å²) in [4.78, 5) is 30.4. The standard InChI is InChI=1S/C17H17ClN5O4P/c1-9-6-20-12(10(2)14(9)26-3)8-23-7-11(4-5-27-28(24)25)13-15(18)21-17(19)22-16(13)23/h6-7,24-25H,8H2,1-3H3,(H2,19,21,22). The van der Waals surface area contributed by atoms with Crippen LogP contribution in [-0.2, 0) is 11.1 Å². The summed E-state index contributed by atoms with van der Waals surface area (Å²) >= 11 is 6.24. The first-order chi connectivity index (χ1) is 13.3. The molecule has 0 bridgehead atoms. The fourth-order valence-corrected chi connectivity index (χ4v) is 3.29. The summed E-state index contributed by atoms with van der Waals surface area (Å²) in [7, 11) is -0.974. The first-order valence-corrected chi connectivity index (χ1v) is 9.53. The average Bonchev–Trinajstić information content (AvgIpc) is 2.95. The van der Waals surface area contributed by atoms with Crippen LogP contribution in [0.1, 0.15) is 22.4 Å². The predicted molar refractivity (Wildman–Crippen MR) is 106 cm³/mol. The molecule has 0 aliphatic heterocycles. The summed E-state index contributed by atoms with van der Waals surface area (Å²) in [5.74, 6) is 3.47. The summed E-state index contributed by atoms with van der Waals surface area (Å²) < 4.78 is 11.8. The van der Waals surface area contributed by atoms with Gasteiger partial charge in [0.05, 0.1) is 30.3 Å². The molecular weight excluding hydrogens is 405 g/mol. The maximum Gasteiger partial charge on any atom is 0.400 e. The van der Waals surface area contributed by atoms with Crippen molar-refractivity contribution in [2.75, 3.05) is 12.8 Å². The molecule has 11 heteroatoms. The number of aryl methyl sites for hydroxylation is 1. The van der Waals surface area contributed by atoms with Gasteiger partial charge in [-0.15, -0.1) is 0 Å². The molecule has 0 spiro atoms. The number of rotatable bonds is 4. The van der Waals surface area contributed by atoms with E-state index in [1.165, 1.54) is 0 Å². The molecule has 0 amide bonds. The smallest absolute Gasteiger partial charge is 0.400 e. The molecule has 4 N–H and O–H groups in total. The quantitative estimate of drug-likeness (QED) is 0.332. The fraction of sp³-hybridized carbons (Fsp3) is 0.235. The Hall–Kier alpha value is -2.63. The zero-order valence-corrected chi connectivity index (χ0v) is 16.9. The highest BCUT2D eigenvalue weighted by molar-refractivity contribution is 7.39. The second kappa shape index (κ2) is 8.17. The Morgan fingerprint density at radius 3 is 2.75 bits per heavy atom. The second-order valence-corrected chi connectivity index (χ2v) is 6.91. The molecule has 3 heterocycles. The number of hydrogen-bond donors (Lipinski definition) is 3. The number of pyridine rings is 1. The number of anilines is 1. The molecule has 0 unspecified atom stereocenters. The molecule has 28 heavy (non-hydrogen) atoms. The Bertz CT molecular complexity index is 1110. The average molecular weight is 422 g/mol. The minimum atomic E-state index is -2.59. The third kappa shape index (κ3) is 3.96. The van der Waals surface area contributed by atoms with E-state index >= 15 is 0 Å². The van der Waals surface area contributed by atoms with Crippen LogP contribution >= 0.6 is 20.2 Å². The molecule has 0 fully saturated rings. The summed E-state index contributed by atoms with van der Waals surface area (Å²) in [6.07, 6.45) is 5.67. The molecule has 146 valence electrons. The highest BCUT2D eigenvalue weighted by Crippen LogP contribution is 2.30. The van der Waals surface area contributed by atoms with Crippen LogP contribution in [0.5, 0.6) is 5.75 Å². The minimum absolute atomic E-state index is 0.0213. The molecule has 3 aromatic rings. The van der Waals surface area contributed by atoms with Crippen molar-refractivity contribution in [1.82, 2.24) is 19.5 Å². The van der Waals surface area contributed by atoms with Gasteiger partial charge in [0.25, 0.3) is 0 Å². The number of hydrogen-bond acceptors (Lipinski definition) is 8. The zero-order valence-electron chi connectivity index (χ0n) is 15.3. The normalized spacial score (nSPS) is 10.8. The van der Waals surface area contributed by atoms with E-state index in [2.05, 4.69) is 31.5 Å². The summed E-state index contributed by atoms with van der Waals surface area (Å²) in [6.45, 7) is 4.21. The van der Waals surface area contributed by atoms with Crippen LogP contribution in [0.3, 0.4) is 0 Å². The fourth-order valence-electron chi connectivity index (χ4n) is 2.88. The summed E-state index contributed by atoms with van der Waals surface area (Å²) in [6, 6.07) is 0. The number of methoxy groups -OCH3 is 1. The molecule has 0 saturated carbocycles. The van der Waals surface area contributed by atoms with Gasteiger partial charge in [-0.25, -0.2) is 4.98 Å². The maximum atomic E-state index is 8.84. The Kier molecular flexibility index (Phi) is 5.87. The minimum Gasteiger partial charge on any atom is -0.496 e. The van der Waals surface area contributed by atoms with Crippen LogP contribution in [-0.4, -0.2) is 36.4 Å². The van der Waals surface area contributed by atoms with Gasteiger partial charge in [0.1, 0.15) is 22.7 Å². The van der Waals surface area contributed by atoms with Crippen LogP contribution in [0.15, 0.2) is 12.4 Å². The van der Waals surface area contributed by atoms with Crippen LogP contribution < -0.4 is 10.5 Å². The Morgan fingerprint density at radius 2 is 2.07 bits per heavy atom. The van der Waals surface area contributed by atoms with Crippen molar-refractivity contribution in [3.63, 3.8) is 0 Å². The topological polar surface area (TPSA) is 129 Å². The van der Waals surface area contributed by atoms with Crippen molar-refractivity contribution in [1.29, 1.82) is 0 Å². The third-order valence-electron chi connectivity index (χ3n) is 4.07. The highest BCUT2D eigenvalue weighted by atomic mass is 35.5. The van der Waals surface area contributed by atoms with E-state index in [4.69, 9.17) is 31.9 Å². The lowest BCUT2D eigenvalue weighted by atomic mass is 10.1. The second-order valence-electron chi connectivity index (χ2n) is 5.86. The molecule has 0 aliphatic rings. The third-order valence-corrected chi connectivity index (χ3v) is 4.60. The predicted octanol–water partition coefficient (Wildman–Crippen LogP) is 2.27. The number of nitrogen functional groups attached to an aromatic ring is 1. The summed E-state index contributed by atoms with van der Waals surface area (Å²) in [5.41, 5.74) is 9.29. The van der Waals surface area contributed by atoms with Crippen LogP contribution in [0.25, 0.3) is 11.0 Å². The Morgan fingerprint density at radius 1 is 1.32 bits per heavy atom. The van der Waals surface area contributed by atoms with Crippen molar-refractivity contribution in [2.24, 2.45) is 0 Å². The number of halogens is 1. The van der Waals surface area contributed by atoms with Gasteiger partial charge in [0.2, 0.25) is 5.95 Å².